The topological polar surface area (TPSA) is 29.5 Å². The molecule has 0 aliphatic rings. The smallest absolute Gasteiger partial charge is 0.254 e. The largest absolute Gasteiger partial charge is 0.497 e. The van der Waals surface area contributed by atoms with Gasteiger partial charge in [0.05, 0.1) is 13.2 Å². The third-order valence-electron chi connectivity index (χ3n) is 3.17. The lowest BCUT2D eigenvalue weighted by molar-refractivity contribution is 0.0744. The number of carbonyl (C=O) groups is 1. The predicted molar refractivity (Wildman–Crippen MR) is 77.8 cm³/mol. The zero-order valence-electron chi connectivity index (χ0n) is 11.3. The van der Waals surface area contributed by atoms with Gasteiger partial charge in [-0.05, 0) is 36.6 Å². The summed E-state index contributed by atoms with van der Waals surface area (Å²) >= 11 is 1.66. The van der Waals surface area contributed by atoms with E-state index in [9.17, 15) is 4.79 Å². The Bertz CT molecular complexity index is 551. The third kappa shape index (κ3) is 2.96. The number of rotatable bonds is 4. The first kappa shape index (κ1) is 13.6. The van der Waals surface area contributed by atoms with Gasteiger partial charge in [-0.15, -0.1) is 11.3 Å². The number of ether oxygens (including phenoxy) is 1. The second-order valence-corrected chi connectivity index (χ2v) is 5.32. The number of benzene rings is 1. The van der Waals surface area contributed by atoms with Crippen LogP contribution in [0.2, 0.25) is 0 Å². The normalized spacial score (nSPS) is 11.9. The van der Waals surface area contributed by atoms with E-state index in [1.165, 1.54) is 4.88 Å². The highest BCUT2D eigenvalue weighted by atomic mass is 32.1. The van der Waals surface area contributed by atoms with Crippen LogP contribution in [0.25, 0.3) is 0 Å². The summed E-state index contributed by atoms with van der Waals surface area (Å²) < 4.78 is 5.15. The summed E-state index contributed by atoms with van der Waals surface area (Å²) in [6.07, 6.45) is 0. The Labute approximate surface area is 117 Å². The van der Waals surface area contributed by atoms with E-state index in [-0.39, 0.29) is 11.9 Å². The van der Waals surface area contributed by atoms with Gasteiger partial charge in [0, 0.05) is 17.5 Å². The molecule has 19 heavy (non-hydrogen) atoms. The van der Waals surface area contributed by atoms with E-state index in [0.29, 0.717) is 11.3 Å². The van der Waals surface area contributed by atoms with Crippen LogP contribution in [0.1, 0.15) is 28.2 Å². The fourth-order valence-electron chi connectivity index (χ4n) is 1.86. The lowest BCUT2D eigenvalue weighted by Crippen LogP contribution is -2.29. The molecule has 1 amide bonds. The van der Waals surface area contributed by atoms with Gasteiger partial charge >= 0.3 is 0 Å². The van der Waals surface area contributed by atoms with Gasteiger partial charge in [0.25, 0.3) is 5.91 Å². The molecule has 1 atom stereocenters. The average molecular weight is 275 g/mol. The molecule has 0 aliphatic heterocycles. The molecule has 3 nitrogen and oxygen atoms in total. The second kappa shape index (κ2) is 5.89. The van der Waals surface area contributed by atoms with Crippen molar-refractivity contribution in [2.24, 2.45) is 0 Å². The van der Waals surface area contributed by atoms with Crippen LogP contribution in [-0.4, -0.2) is 25.0 Å². The maximum absolute atomic E-state index is 12.4. The fourth-order valence-corrected chi connectivity index (χ4v) is 2.68. The van der Waals surface area contributed by atoms with Crippen molar-refractivity contribution in [3.05, 3.63) is 52.2 Å². The van der Waals surface area contributed by atoms with Crippen molar-refractivity contribution in [3.8, 4) is 5.75 Å². The first-order valence-corrected chi connectivity index (χ1v) is 6.96. The monoisotopic (exact) mass is 275 g/mol. The second-order valence-electron chi connectivity index (χ2n) is 4.34. The molecule has 1 heterocycles. The standard InChI is InChI=1S/C15H17NO2S/c1-11(14-8-5-9-19-14)16(2)15(17)12-6-4-7-13(10-12)18-3/h4-11H,1-3H3. The summed E-state index contributed by atoms with van der Waals surface area (Å²) in [4.78, 5) is 15.4. The Balaban J connectivity index is 2.18. The zero-order valence-corrected chi connectivity index (χ0v) is 12.1. The van der Waals surface area contributed by atoms with E-state index in [4.69, 9.17) is 4.74 Å². The minimum atomic E-state index is -0.000185. The Morgan fingerprint density at radius 1 is 1.32 bits per heavy atom. The van der Waals surface area contributed by atoms with E-state index in [2.05, 4.69) is 0 Å². The Morgan fingerprint density at radius 3 is 2.74 bits per heavy atom. The van der Waals surface area contributed by atoms with Crippen LogP contribution in [0.5, 0.6) is 5.75 Å². The zero-order chi connectivity index (χ0) is 13.8. The third-order valence-corrected chi connectivity index (χ3v) is 4.22. The highest BCUT2D eigenvalue weighted by Gasteiger charge is 2.19. The van der Waals surface area contributed by atoms with Crippen molar-refractivity contribution in [3.63, 3.8) is 0 Å². The molecular formula is C15H17NO2S. The van der Waals surface area contributed by atoms with Crippen LogP contribution >= 0.6 is 11.3 Å². The van der Waals surface area contributed by atoms with E-state index in [0.717, 1.165) is 0 Å². The van der Waals surface area contributed by atoms with Gasteiger partial charge in [-0.1, -0.05) is 12.1 Å². The van der Waals surface area contributed by atoms with Crippen LogP contribution < -0.4 is 4.74 Å². The van der Waals surface area contributed by atoms with Gasteiger partial charge in [-0.3, -0.25) is 4.79 Å². The molecule has 100 valence electrons. The molecule has 0 saturated carbocycles. The lowest BCUT2D eigenvalue weighted by atomic mass is 10.1. The number of nitrogens with zero attached hydrogens (tertiary/aromatic N) is 1. The minimum absolute atomic E-state index is 0.000185. The van der Waals surface area contributed by atoms with Crippen molar-refractivity contribution in [1.82, 2.24) is 4.90 Å². The van der Waals surface area contributed by atoms with Crippen LogP contribution in [0.4, 0.5) is 0 Å². The molecular weight excluding hydrogens is 258 g/mol. The molecule has 0 bridgehead atoms. The average Bonchev–Trinajstić information content (AvgIpc) is 2.99. The Morgan fingerprint density at radius 2 is 2.11 bits per heavy atom. The molecule has 1 unspecified atom stereocenters. The molecule has 0 saturated heterocycles. The van der Waals surface area contributed by atoms with Crippen molar-refractivity contribution >= 4 is 17.2 Å². The van der Waals surface area contributed by atoms with Gasteiger partial charge in [0.15, 0.2) is 0 Å². The number of methoxy groups -OCH3 is 1. The lowest BCUT2D eigenvalue weighted by Gasteiger charge is -2.24. The summed E-state index contributed by atoms with van der Waals surface area (Å²) in [5, 5.41) is 2.02. The van der Waals surface area contributed by atoms with Crippen LogP contribution in [0, 0.1) is 0 Å². The molecule has 2 aromatic rings. The molecule has 0 N–H and O–H groups in total. The number of amides is 1. The number of hydrogen-bond acceptors (Lipinski definition) is 3. The van der Waals surface area contributed by atoms with Gasteiger partial charge in [0.2, 0.25) is 0 Å². The van der Waals surface area contributed by atoms with Gasteiger partial charge < -0.3 is 9.64 Å². The maximum atomic E-state index is 12.4. The van der Waals surface area contributed by atoms with Crippen LogP contribution in [0.3, 0.4) is 0 Å². The van der Waals surface area contributed by atoms with Crippen molar-refractivity contribution in [1.29, 1.82) is 0 Å². The number of hydrogen-bond donors (Lipinski definition) is 0. The fraction of sp³-hybridized carbons (Fsp3) is 0.267. The molecule has 0 radical (unpaired) electrons. The van der Waals surface area contributed by atoms with E-state index in [1.807, 2.05) is 49.7 Å². The summed E-state index contributed by atoms with van der Waals surface area (Å²) in [5.41, 5.74) is 0.644. The summed E-state index contributed by atoms with van der Waals surface area (Å²) in [6.45, 7) is 2.03. The summed E-state index contributed by atoms with van der Waals surface area (Å²) in [6, 6.07) is 11.3. The van der Waals surface area contributed by atoms with Gasteiger partial charge in [-0.2, -0.15) is 0 Å². The van der Waals surface area contributed by atoms with Gasteiger partial charge in [-0.25, -0.2) is 0 Å². The molecule has 2 rings (SSSR count). The van der Waals surface area contributed by atoms with Crippen molar-refractivity contribution in [2.75, 3.05) is 14.2 Å². The summed E-state index contributed by atoms with van der Waals surface area (Å²) in [7, 11) is 3.42. The predicted octanol–water partition coefficient (Wildman–Crippen LogP) is 3.59. The molecule has 0 spiro atoms. The highest BCUT2D eigenvalue weighted by molar-refractivity contribution is 7.10. The van der Waals surface area contributed by atoms with E-state index < -0.39 is 0 Å². The molecule has 4 heteroatoms. The molecule has 0 aliphatic carbocycles. The van der Waals surface area contributed by atoms with Crippen LogP contribution in [0.15, 0.2) is 41.8 Å². The SMILES string of the molecule is COc1cccc(C(=O)N(C)C(C)c2cccs2)c1. The highest BCUT2D eigenvalue weighted by Crippen LogP contribution is 2.25. The number of thiophene rings is 1. The minimum Gasteiger partial charge on any atom is -0.497 e. The quantitative estimate of drug-likeness (QED) is 0.853. The Hall–Kier alpha value is -1.81. The van der Waals surface area contributed by atoms with Gasteiger partial charge in [0.1, 0.15) is 5.75 Å². The first-order valence-electron chi connectivity index (χ1n) is 6.08. The molecule has 0 fully saturated rings. The van der Waals surface area contributed by atoms with E-state index >= 15 is 0 Å². The Kier molecular flexibility index (Phi) is 4.22. The van der Waals surface area contributed by atoms with Crippen molar-refractivity contribution in [2.45, 2.75) is 13.0 Å². The molecule has 1 aromatic carbocycles. The number of carbonyl (C=O) groups excluding carboxylic acids is 1. The summed E-state index contributed by atoms with van der Waals surface area (Å²) in [5.74, 6) is 0.697. The first-order chi connectivity index (χ1) is 9.13. The maximum Gasteiger partial charge on any atom is 0.254 e. The van der Waals surface area contributed by atoms with E-state index in [1.54, 1.807) is 29.4 Å². The van der Waals surface area contributed by atoms with Crippen LogP contribution in [-0.2, 0) is 0 Å². The van der Waals surface area contributed by atoms with Crippen molar-refractivity contribution < 1.29 is 9.53 Å². The molecule has 1 aromatic heterocycles.